The van der Waals surface area contributed by atoms with Crippen LogP contribution in [-0.4, -0.2) is 29.6 Å². The second kappa shape index (κ2) is 6.37. The van der Waals surface area contributed by atoms with E-state index < -0.39 is 29.6 Å². The molecule has 0 N–H and O–H groups in total. The fourth-order valence-corrected chi connectivity index (χ4v) is 23.9. The molecule has 2 bridgehead atoms. The Morgan fingerprint density at radius 2 is 1.33 bits per heavy atom. The third kappa shape index (κ3) is 2.35. The Balaban J connectivity index is 2.01. The van der Waals surface area contributed by atoms with Crippen molar-refractivity contribution in [3.8, 4) is 0 Å². The zero-order valence-electron chi connectivity index (χ0n) is 17.0. The molecule has 0 spiro atoms. The van der Waals surface area contributed by atoms with E-state index >= 15 is 0 Å². The van der Waals surface area contributed by atoms with E-state index in [2.05, 4.69) is 0 Å². The van der Waals surface area contributed by atoms with Crippen molar-refractivity contribution in [1.29, 1.82) is 0 Å². The average molecular weight is 519 g/mol. The minimum absolute atomic E-state index is 0.130. The molecule has 0 radical (unpaired) electrons. The predicted octanol–water partition coefficient (Wildman–Crippen LogP) is 4.37. The summed E-state index contributed by atoms with van der Waals surface area (Å²) in [6.45, 7) is 4.02. The molecule has 2 aliphatic rings. The first kappa shape index (κ1) is 20.1. The number of hydrogen-bond acceptors (Lipinski definition) is 1. The van der Waals surface area contributed by atoms with Gasteiger partial charge in [0, 0.05) is 0 Å². The first-order valence-electron chi connectivity index (χ1n) is 10.3. The fourth-order valence-electron chi connectivity index (χ4n) is 5.63. The Bertz CT molecular complexity index is 1080. The van der Waals surface area contributed by atoms with Gasteiger partial charge in [-0.05, 0) is 0 Å². The fraction of sp³-hybridized carbons (Fsp3) is 0.280. The number of alkyl halides is 3. The van der Waals surface area contributed by atoms with Crippen LogP contribution < -0.4 is 10.5 Å². The van der Waals surface area contributed by atoms with Crippen LogP contribution in [0, 0.1) is 6.92 Å². The number of fused-ring (bicyclic) bond motifs is 6. The molecule has 2 aliphatic heterocycles. The molecule has 0 atom stereocenters. The second-order valence-corrected chi connectivity index (χ2v) is 22.0. The summed E-state index contributed by atoms with van der Waals surface area (Å²) in [5.74, 6) is 0. The van der Waals surface area contributed by atoms with Gasteiger partial charge in [0.25, 0.3) is 0 Å². The molecule has 0 fully saturated rings. The molecule has 0 aromatic heterocycles. The number of halogens is 3. The molecule has 5 heteroatoms. The average Bonchev–Trinajstić information content (AvgIpc) is 2.73. The number of rotatable bonds is 2. The van der Waals surface area contributed by atoms with Gasteiger partial charge in [-0.15, -0.1) is 0 Å². The van der Waals surface area contributed by atoms with E-state index in [1.54, 1.807) is 0 Å². The second-order valence-electron chi connectivity index (χ2n) is 8.56. The summed E-state index contributed by atoms with van der Waals surface area (Å²) in [6.07, 6.45) is -4.72. The zero-order valence-corrected chi connectivity index (χ0v) is 19.6. The van der Waals surface area contributed by atoms with Gasteiger partial charge in [0.15, 0.2) is 0 Å². The molecule has 0 aliphatic carbocycles. The molecule has 2 heterocycles. The third-order valence-electron chi connectivity index (χ3n) is 7.03. The molecule has 0 unspecified atom stereocenters. The molecular formula is C25H24F3OSb. The minimum atomic E-state index is -4.95. The van der Waals surface area contributed by atoms with Crippen molar-refractivity contribution in [2.75, 3.05) is 0 Å². The summed E-state index contributed by atoms with van der Waals surface area (Å²) in [6, 6.07) is 23.5. The van der Waals surface area contributed by atoms with Crippen LogP contribution in [0.5, 0.6) is 0 Å². The van der Waals surface area contributed by atoms with Gasteiger partial charge in [0.2, 0.25) is 0 Å². The van der Waals surface area contributed by atoms with Gasteiger partial charge in [0.05, 0.1) is 0 Å². The summed E-state index contributed by atoms with van der Waals surface area (Å²) >= 11 is -4.95. The zero-order chi connectivity index (χ0) is 21.2. The Morgan fingerprint density at radius 3 is 1.80 bits per heavy atom. The van der Waals surface area contributed by atoms with Crippen molar-refractivity contribution in [3.63, 3.8) is 0 Å². The van der Waals surface area contributed by atoms with Gasteiger partial charge in [-0.25, -0.2) is 0 Å². The molecule has 30 heavy (non-hydrogen) atoms. The van der Waals surface area contributed by atoms with Crippen LogP contribution in [0.1, 0.15) is 23.6 Å². The van der Waals surface area contributed by atoms with E-state index in [9.17, 15) is 13.2 Å². The first-order chi connectivity index (χ1) is 14.3. The van der Waals surface area contributed by atoms with Gasteiger partial charge < -0.3 is 0 Å². The van der Waals surface area contributed by atoms with Crippen molar-refractivity contribution in [1.82, 2.24) is 0 Å². The molecular weight excluding hydrogens is 495 g/mol. The predicted molar refractivity (Wildman–Crippen MR) is 116 cm³/mol. The Morgan fingerprint density at radius 1 is 0.833 bits per heavy atom. The van der Waals surface area contributed by atoms with Crippen molar-refractivity contribution in [2.45, 2.75) is 42.8 Å². The van der Waals surface area contributed by atoms with E-state index in [0.29, 0.717) is 4.37 Å². The number of aryl methyl sites for hydroxylation is 1. The SMILES string of the molecule is C[CH2][Sb]12([c]3ccc(C)cc3)[O]C(C(F)(F)F)(Cc3cccc[c]31)Cc1cccc[c]12. The number of benzene rings is 3. The normalized spacial score (nSPS) is 24.8. The van der Waals surface area contributed by atoms with Gasteiger partial charge in [0.1, 0.15) is 0 Å². The quantitative estimate of drug-likeness (QED) is 0.458. The topological polar surface area (TPSA) is 9.23 Å². The van der Waals surface area contributed by atoms with E-state index in [-0.39, 0.29) is 12.8 Å². The molecule has 156 valence electrons. The Kier molecular flexibility index (Phi) is 4.28. The molecule has 1 nitrogen and oxygen atoms in total. The van der Waals surface area contributed by atoms with E-state index in [0.717, 1.165) is 27.2 Å². The van der Waals surface area contributed by atoms with Gasteiger partial charge in [-0.1, -0.05) is 0 Å². The molecule has 5 rings (SSSR count). The molecule has 3 aromatic rings. The first-order valence-corrected chi connectivity index (χ1v) is 17.0. The summed E-state index contributed by atoms with van der Waals surface area (Å²) in [7, 11) is 0. The van der Waals surface area contributed by atoms with E-state index in [1.807, 2.05) is 86.6 Å². The van der Waals surface area contributed by atoms with Crippen LogP contribution in [0.4, 0.5) is 13.2 Å². The Hall–Kier alpha value is -1.77. The van der Waals surface area contributed by atoms with Crippen LogP contribution in [0.15, 0.2) is 72.8 Å². The van der Waals surface area contributed by atoms with Gasteiger partial charge >= 0.3 is 177 Å². The molecule has 0 saturated carbocycles. The van der Waals surface area contributed by atoms with Crippen LogP contribution >= 0.6 is 0 Å². The molecule has 0 saturated heterocycles. The van der Waals surface area contributed by atoms with Crippen LogP contribution in [0.2, 0.25) is 4.37 Å². The summed E-state index contributed by atoms with van der Waals surface area (Å²) in [5, 5.41) is 0. The maximum absolute atomic E-state index is 14.8. The number of hydrogen-bond donors (Lipinski definition) is 0. The van der Waals surface area contributed by atoms with Gasteiger partial charge in [-0.2, -0.15) is 0 Å². The van der Waals surface area contributed by atoms with Crippen molar-refractivity contribution in [2.24, 2.45) is 0 Å². The standard InChI is InChI=1S/C16H12F3O.C7H7.C2H5.Sb/c17-16(18,19)15(20,11-13-7-3-1-4-8-13)12-14-9-5-2-6-10-14;1-7-5-3-2-4-6-7;1-2;/h1-7,9H,11-12H2;3-6H,1H3;1H2,2H3;/q-1;;;+1. The monoisotopic (exact) mass is 518 g/mol. The third-order valence-corrected chi connectivity index (χ3v) is 24.9. The van der Waals surface area contributed by atoms with Crippen molar-refractivity contribution < 1.29 is 16.2 Å². The van der Waals surface area contributed by atoms with Crippen molar-refractivity contribution >= 4 is 28.3 Å². The molecule has 3 aromatic carbocycles. The van der Waals surface area contributed by atoms with E-state index in [4.69, 9.17) is 3.02 Å². The molecule has 0 amide bonds. The van der Waals surface area contributed by atoms with Crippen LogP contribution in [0.3, 0.4) is 0 Å². The maximum atomic E-state index is 14.8. The van der Waals surface area contributed by atoms with E-state index in [1.165, 1.54) is 0 Å². The summed E-state index contributed by atoms with van der Waals surface area (Å²) in [4.78, 5) is 0. The Labute approximate surface area is 176 Å². The summed E-state index contributed by atoms with van der Waals surface area (Å²) < 4.78 is 54.6. The van der Waals surface area contributed by atoms with Crippen LogP contribution in [-0.2, 0) is 15.9 Å². The van der Waals surface area contributed by atoms with Crippen molar-refractivity contribution in [3.05, 3.63) is 89.5 Å². The van der Waals surface area contributed by atoms with Crippen LogP contribution in [0.25, 0.3) is 0 Å². The van der Waals surface area contributed by atoms with Gasteiger partial charge in [-0.3, -0.25) is 0 Å². The summed E-state index contributed by atoms with van der Waals surface area (Å²) in [5.41, 5.74) is 0.485.